The van der Waals surface area contributed by atoms with E-state index in [9.17, 15) is 14.3 Å². The normalized spacial score (nSPS) is 17.1. The van der Waals surface area contributed by atoms with Gasteiger partial charge in [-0.2, -0.15) is 4.98 Å². The molecule has 0 atom stereocenters. The summed E-state index contributed by atoms with van der Waals surface area (Å²) in [5.41, 5.74) is 0.0602. The van der Waals surface area contributed by atoms with Gasteiger partial charge in [-0.25, -0.2) is 8.78 Å². The van der Waals surface area contributed by atoms with E-state index in [1.165, 1.54) is 12.3 Å². The number of aliphatic hydroxyl groups is 1. The third kappa shape index (κ3) is 4.06. The highest BCUT2D eigenvalue weighted by Crippen LogP contribution is 2.39. The molecule has 0 spiro atoms. The van der Waals surface area contributed by atoms with Crippen molar-refractivity contribution in [2.75, 3.05) is 26.3 Å². The predicted octanol–water partition coefficient (Wildman–Crippen LogP) is 4.35. The van der Waals surface area contributed by atoms with Crippen molar-refractivity contribution in [3.05, 3.63) is 64.1 Å². The van der Waals surface area contributed by atoms with Crippen molar-refractivity contribution in [1.82, 2.24) is 19.9 Å². The number of hydrogen-bond acceptors (Lipinski definition) is 6. The molecule has 0 saturated carbocycles. The lowest BCUT2D eigenvalue weighted by molar-refractivity contribution is 0.107. The predicted molar refractivity (Wildman–Crippen MR) is 137 cm³/mol. The van der Waals surface area contributed by atoms with Crippen molar-refractivity contribution < 1.29 is 18.6 Å². The van der Waals surface area contributed by atoms with E-state index in [4.69, 9.17) is 4.74 Å². The van der Waals surface area contributed by atoms with E-state index < -0.39 is 17.2 Å². The highest BCUT2D eigenvalue weighted by molar-refractivity contribution is 5.99. The van der Waals surface area contributed by atoms with Gasteiger partial charge in [0.25, 0.3) is 11.6 Å². The van der Waals surface area contributed by atoms with Crippen LogP contribution in [0.1, 0.15) is 37.7 Å². The molecule has 0 amide bonds. The average molecular weight is 507 g/mol. The topological polar surface area (TPSA) is 91.3 Å². The number of nitrogens with zero attached hydrogens (tertiary/aromatic N) is 3. The van der Waals surface area contributed by atoms with E-state index in [0.717, 1.165) is 44.2 Å². The van der Waals surface area contributed by atoms with Crippen molar-refractivity contribution in [3.8, 4) is 17.3 Å². The largest absolute Gasteiger partial charge is 0.463 e. The Hall–Kier alpha value is -3.43. The zero-order chi connectivity index (χ0) is 25.6. The summed E-state index contributed by atoms with van der Waals surface area (Å²) < 4.78 is 36.8. The molecule has 2 fully saturated rings. The van der Waals surface area contributed by atoms with Crippen LogP contribution in [0.4, 0.5) is 8.78 Å². The molecule has 2 saturated heterocycles. The molecule has 6 rings (SSSR count). The monoisotopic (exact) mass is 506 g/mol. The van der Waals surface area contributed by atoms with Crippen LogP contribution in [0.2, 0.25) is 0 Å². The van der Waals surface area contributed by atoms with Gasteiger partial charge in [0.2, 0.25) is 0 Å². The second-order valence-electron chi connectivity index (χ2n) is 10.0. The second-order valence-corrected chi connectivity index (χ2v) is 10.0. The zero-order valence-corrected chi connectivity index (χ0v) is 20.4. The van der Waals surface area contributed by atoms with Crippen LogP contribution in [0.25, 0.3) is 32.9 Å². The maximum absolute atomic E-state index is 16.0. The Kier molecular flexibility index (Phi) is 6.12. The SMILES string of the molecule is O=c1[nH]c(OCC23CCCN2CCC3)nc2c(F)c(-c3cccc4ccc(F)c(CCCO)c34)ncc12. The lowest BCUT2D eigenvalue weighted by atomic mass is 9.94. The number of aryl methyl sites for hydroxylation is 1. The molecule has 2 aromatic carbocycles. The minimum absolute atomic E-state index is 0.0158. The number of aromatic amines is 1. The smallest absolute Gasteiger partial charge is 0.297 e. The van der Waals surface area contributed by atoms with Crippen LogP contribution in [-0.4, -0.2) is 56.8 Å². The highest BCUT2D eigenvalue weighted by atomic mass is 19.1. The number of pyridine rings is 1. The van der Waals surface area contributed by atoms with Gasteiger partial charge in [0.05, 0.1) is 10.9 Å². The van der Waals surface area contributed by atoms with Gasteiger partial charge in [0.15, 0.2) is 5.82 Å². The van der Waals surface area contributed by atoms with E-state index in [1.54, 1.807) is 18.2 Å². The van der Waals surface area contributed by atoms with Crippen LogP contribution >= 0.6 is 0 Å². The van der Waals surface area contributed by atoms with Gasteiger partial charge in [-0.15, -0.1) is 0 Å². The first-order chi connectivity index (χ1) is 18.0. The first-order valence-electron chi connectivity index (χ1n) is 12.8. The highest BCUT2D eigenvalue weighted by Gasteiger charge is 2.45. The van der Waals surface area contributed by atoms with Crippen molar-refractivity contribution in [2.24, 2.45) is 0 Å². The van der Waals surface area contributed by atoms with E-state index >= 15 is 4.39 Å². The second kappa shape index (κ2) is 9.46. The fourth-order valence-electron chi connectivity index (χ4n) is 6.09. The molecule has 0 aliphatic carbocycles. The lowest BCUT2D eigenvalue weighted by Gasteiger charge is -2.31. The Morgan fingerprint density at radius 3 is 2.73 bits per heavy atom. The standard InChI is InChI=1S/C28H28F2N4O3/c29-21-9-8-17-5-1-6-19(22(17)18(21)7-2-14-35)24-23(30)25-20(15-31-24)26(36)33-27(32-25)37-16-28-10-3-12-34(28)13-4-11-28/h1,5-6,8-9,15,35H,2-4,7,10-14,16H2,(H,32,33,36). The number of aromatic nitrogens is 3. The number of ether oxygens (including phenoxy) is 1. The zero-order valence-electron chi connectivity index (χ0n) is 20.4. The van der Waals surface area contributed by atoms with E-state index in [1.807, 2.05) is 6.07 Å². The molecular weight excluding hydrogens is 478 g/mol. The Labute approximate surface area is 212 Å². The number of benzene rings is 2. The number of aliphatic hydroxyl groups excluding tert-OH is 1. The summed E-state index contributed by atoms with van der Waals surface area (Å²) in [6, 6.07) is 8.25. The Morgan fingerprint density at radius 2 is 1.95 bits per heavy atom. The number of halogens is 2. The Balaban J connectivity index is 1.43. The van der Waals surface area contributed by atoms with E-state index in [0.29, 0.717) is 36.0 Å². The summed E-state index contributed by atoms with van der Waals surface area (Å²) in [5, 5.41) is 10.6. The number of rotatable bonds is 7. The molecule has 4 heterocycles. The fraction of sp³-hybridized carbons (Fsp3) is 0.393. The number of nitrogens with one attached hydrogen (secondary N) is 1. The number of fused-ring (bicyclic) bond motifs is 3. The first-order valence-corrected chi connectivity index (χ1v) is 12.8. The van der Waals surface area contributed by atoms with Crippen LogP contribution in [0.15, 0.2) is 41.3 Å². The summed E-state index contributed by atoms with van der Waals surface area (Å²) in [4.78, 5) is 26.4. The van der Waals surface area contributed by atoms with E-state index in [-0.39, 0.29) is 34.8 Å². The van der Waals surface area contributed by atoms with E-state index in [2.05, 4.69) is 19.9 Å². The molecular formula is C28H28F2N4O3. The van der Waals surface area contributed by atoms with Crippen LogP contribution in [0.5, 0.6) is 6.01 Å². The molecule has 4 aromatic rings. The van der Waals surface area contributed by atoms with Gasteiger partial charge in [-0.1, -0.05) is 24.3 Å². The van der Waals surface area contributed by atoms with Gasteiger partial charge in [-0.05, 0) is 74.0 Å². The quantitative estimate of drug-likeness (QED) is 0.387. The molecule has 2 N–H and O–H groups in total. The van der Waals surface area contributed by atoms with Crippen molar-refractivity contribution in [3.63, 3.8) is 0 Å². The molecule has 7 nitrogen and oxygen atoms in total. The molecule has 9 heteroatoms. The maximum atomic E-state index is 16.0. The van der Waals surface area contributed by atoms with Crippen molar-refractivity contribution >= 4 is 21.7 Å². The van der Waals surface area contributed by atoms with Crippen LogP contribution in [0.3, 0.4) is 0 Å². The molecule has 0 bridgehead atoms. The van der Waals surface area contributed by atoms with Crippen LogP contribution in [0, 0.1) is 11.6 Å². The molecule has 192 valence electrons. The molecule has 0 radical (unpaired) electrons. The Morgan fingerprint density at radius 1 is 1.14 bits per heavy atom. The van der Waals surface area contributed by atoms with Gasteiger partial charge in [-0.3, -0.25) is 19.7 Å². The van der Waals surface area contributed by atoms with Gasteiger partial charge >= 0.3 is 0 Å². The minimum Gasteiger partial charge on any atom is -0.463 e. The van der Waals surface area contributed by atoms with Gasteiger partial charge in [0, 0.05) is 18.4 Å². The fourth-order valence-corrected chi connectivity index (χ4v) is 6.09. The summed E-state index contributed by atoms with van der Waals surface area (Å²) in [7, 11) is 0. The molecule has 2 aliphatic rings. The third-order valence-corrected chi connectivity index (χ3v) is 7.90. The number of hydrogen-bond donors (Lipinski definition) is 2. The first kappa shape index (κ1) is 23.9. The lowest BCUT2D eigenvalue weighted by Crippen LogP contribution is -2.43. The van der Waals surface area contributed by atoms with Crippen LogP contribution in [-0.2, 0) is 6.42 Å². The van der Waals surface area contributed by atoms with Gasteiger partial charge < -0.3 is 9.84 Å². The average Bonchev–Trinajstić information content (AvgIpc) is 3.48. The summed E-state index contributed by atoms with van der Waals surface area (Å²) >= 11 is 0. The van der Waals surface area contributed by atoms with Crippen molar-refractivity contribution in [1.29, 1.82) is 0 Å². The molecule has 2 aliphatic heterocycles. The summed E-state index contributed by atoms with van der Waals surface area (Å²) in [6.45, 7) is 2.38. The summed E-state index contributed by atoms with van der Waals surface area (Å²) in [6.07, 6.45) is 6.24. The molecule has 37 heavy (non-hydrogen) atoms. The number of H-pyrrole nitrogens is 1. The van der Waals surface area contributed by atoms with Crippen LogP contribution < -0.4 is 10.3 Å². The maximum Gasteiger partial charge on any atom is 0.297 e. The van der Waals surface area contributed by atoms with Gasteiger partial charge in [0.1, 0.15) is 23.6 Å². The Bertz CT molecular complexity index is 1540. The van der Waals surface area contributed by atoms with Crippen molar-refractivity contribution in [2.45, 2.75) is 44.1 Å². The molecule has 2 aromatic heterocycles. The minimum atomic E-state index is -0.764. The third-order valence-electron chi connectivity index (χ3n) is 7.90. The molecule has 0 unspecified atom stereocenters. The summed E-state index contributed by atoms with van der Waals surface area (Å²) in [5.74, 6) is -1.19.